The predicted octanol–water partition coefficient (Wildman–Crippen LogP) is 2.44. The standard InChI is InChI=1S/C20H25N7O2S/c1-21-30(28,29)17-9-10-19(23-16-7-3-2-4-8-16)18(12-17)20-24-26-27(25-20)14-15-6-5-11-22-13-15/h5-6,9-13,16,21,23H,2-4,7-8,14H2,1H3. The Bertz CT molecular complexity index is 1090. The molecule has 1 fully saturated rings. The van der Waals surface area contributed by atoms with Gasteiger partial charge in [0, 0.05) is 29.7 Å². The molecule has 0 bridgehead atoms. The third-order valence-electron chi connectivity index (χ3n) is 5.28. The van der Waals surface area contributed by atoms with Gasteiger partial charge in [-0.15, -0.1) is 10.2 Å². The number of nitrogens with one attached hydrogen (secondary N) is 2. The van der Waals surface area contributed by atoms with Gasteiger partial charge in [0.25, 0.3) is 0 Å². The molecule has 1 aliphatic rings. The van der Waals surface area contributed by atoms with E-state index in [4.69, 9.17) is 0 Å². The van der Waals surface area contributed by atoms with Gasteiger partial charge in [-0.05, 0) is 54.9 Å². The minimum absolute atomic E-state index is 0.165. The lowest BCUT2D eigenvalue weighted by molar-refractivity contribution is 0.463. The molecule has 0 radical (unpaired) electrons. The molecule has 158 valence electrons. The lowest BCUT2D eigenvalue weighted by Gasteiger charge is -2.25. The van der Waals surface area contributed by atoms with E-state index < -0.39 is 10.0 Å². The van der Waals surface area contributed by atoms with E-state index in [1.54, 1.807) is 30.6 Å². The van der Waals surface area contributed by atoms with E-state index in [2.05, 4.69) is 30.4 Å². The summed E-state index contributed by atoms with van der Waals surface area (Å²) in [5.74, 6) is 0.380. The summed E-state index contributed by atoms with van der Waals surface area (Å²) >= 11 is 0. The van der Waals surface area contributed by atoms with Crippen LogP contribution in [-0.2, 0) is 16.6 Å². The maximum Gasteiger partial charge on any atom is 0.240 e. The summed E-state index contributed by atoms with van der Waals surface area (Å²) in [6, 6.07) is 9.13. The van der Waals surface area contributed by atoms with Gasteiger partial charge < -0.3 is 5.32 Å². The second-order valence-corrected chi connectivity index (χ2v) is 9.29. The molecule has 1 aromatic carbocycles. The number of pyridine rings is 1. The molecule has 0 atom stereocenters. The molecule has 3 aromatic rings. The molecule has 0 amide bonds. The van der Waals surface area contributed by atoms with Crippen molar-refractivity contribution in [1.82, 2.24) is 29.9 Å². The quantitative estimate of drug-likeness (QED) is 0.595. The van der Waals surface area contributed by atoms with Crippen molar-refractivity contribution < 1.29 is 8.42 Å². The smallest absolute Gasteiger partial charge is 0.240 e. The molecular weight excluding hydrogens is 402 g/mol. The summed E-state index contributed by atoms with van der Waals surface area (Å²) in [5, 5.41) is 16.4. The number of hydrogen-bond acceptors (Lipinski definition) is 7. The fraction of sp³-hybridized carbons (Fsp3) is 0.400. The van der Waals surface area contributed by atoms with Crippen LogP contribution in [0.1, 0.15) is 37.7 Å². The van der Waals surface area contributed by atoms with Crippen LogP contribution in [0.4, 0.5) is 5.69 Å². The molecule has 0 saturated heterocycles. The summed E-state index contributed by atoms with van der Waals surface area (Å²) in [7, 11) is -2.19. The Kier molecular flexibility index (Phi) is 6.05. The lowest BCUT2D eigenvalue weighted by atomic mass is 9.95. The van der Waals surface area contributed by atoms with Crippen molar-refractivity contribution in [2.75, 3.05) is 12.4 Å². The first kappa shape index (κ1) is 20.4. The highest BCUT2D eigenvalue weighted by Gasteiger charge is 2.20. The number of sulfonamides is 1. The number of aromatic nitrogens is 5. The minimum atomic E-state index is -3.59. The van der Waals surface area contributed by atoms with Gasteiger partial charge in [0.15, 0.2) is 0 Å². The Labute approximate surface area is 176 Å². The van der Waals surface area contributed by atoms with Crippen LogP contribution < -0.4 is 10.0 Å². The van der Waals surface area contributed by atoms with Crippen molar-refractivity contribution in [2.45, 2.75) is 49.6 Å². The number of nitrogens with zero attached hydrogens (tertiary/aromatic N) is 5. The zero-order valence-corrected chi connectivity index (χ0v) is 17.6. The third-order valence-corrected chi connectivity index (χ3v) is 6.69. The van der Waals surface area contributed by atoms with Gasteiger partial charge in [0.05, 0.1) is 11.4 Å². The third kappa shape index (κ3) is 4.65. The summed E-state index contributed by atoms with van der Waals surface area (Å²) in [4.78, 5) is 5.75. The summed E-state index contributed by atoms with van der Waals surface area (Å²) in [6.07, 6.45) is 9.29. The molecule has 1 saturated carbocycles. The Morgan fingerprint density at radius 1 is 1.17 bits per heavy atom. The summed E-state index contributed by atoms with van der Waals surface area (Å²) < 4.78 is 27.0. The molecule has 9 nitrogen and oxygen atoms in total. The number of rotatable bonds is 7. The van der Waals surface area contributed by atoms with E-state index >= 15 is 0 Å². The highest BCUT2D eigenvalue weighted by Crippen LogP contribution is 2.31. The molecule has 10 heteroatoms. The van der Waals surface area contributed by atoms with E-state index in [9.17, 15) is 8.42 Å². The van der Waals surface area contributed by atoms with Crippen molar-refractivity contribution in [3.63, 3.8) is 0 Å². The van der Waals surface area contributed by atoms with Crippen LogP contribution in [-0.4, -0.2) is 46.7 Å². The van der Waals surface area contributed by atoms with E-state index in [0.717, 1.165) is 24.1 Å². The van der Waals surface area contributed by atoms with Gasteiger partial charge in [0.2, 0.25) is 15.8 Å². The van der Waals surface area contributed by atoms with Crippen molar-refractivity contribution in [3.8, 4) is 11.4 Å². The van der Waals surface area contributed by atoms with Gasteiger partial charge in [-0.25, -0.2) is 13.1 Å². The number of anilines is 1. The fourth-order valence-electron chi connectivity index (χ4n) is 3.66. The maximum atomic E-state index is 12.3. The second kappa shape index (κ2) is 8.88. The zero-order valence-electron chi connectivity index (χ0n) is 16.8. The Morgan fingerprint density at radius 2 is 2.00 bits per heavy atom. The highest BCUT2D eigenvalue weighted by molar-refractivity contribution is 7.89. The molecule has 2 N–H and O–H groups in total. The van der Waals surface area contributed by atoms with Crippen LogP contribution in [0.15, 0.2) is 47.6 Å². The molecule has 0 spiro atoms. The number of hydrogen-bond donors (Lipinski definition) is 2. The van der Waals surface area contributed by atoms with Gasteiger partial charge in [0.1, 0.15) is 0 Å². The monoisotopic (exact) mass is 427 g/mol. The Hall–Kier alpha value is -2.85. The second-order valence-electron chi connectivity index (χ2n) is 7.40. The van der Waals surface area contributed by atoms with Gasteiger partial charge in [-0.1, -0.05) is 25.3 Å². The average molecular weight is 428 g/mol. The van der Waals surface area contributed by atoms with E-state index in [1.807, 2.05) is 12.1 Å². The first-order valence-electron chi connectivity index (χ1n) is 10.1. The molecule has 2 aromatic heterocycles. The molecule has 1 aliphatic carbocycles. The first-order chi connectivity index (χ1) is 14.5. The normalized spacial score (nSPS) is 15.2. The SMILES string of the molecule is CNS(=O)(=O)c1ccc(NC2CCCCC2)c(-c2nnn(Cc3cccnc3)n2)c1. The van der Waals surface area contributed by atoms with Gasteiger partial charge in [-0.2, -0.15) is 4.80 Å². The summed E-state index contributed by atoms with van der Waals surface area (Å²) in [6.45, 7) is 0.431. The number of tetrazole rings is 1. The van der Waals surface area contributed by atoms with Crippen molar-refractivity contribution in [2.24, 2.45) is 0 Å². The van der Waals surface area contributed by atoms with E-state index in [-0.39, 0.29) is 4.90 Å². The Morgan fingerprint density at radius 3 is 2.73 bits per heavy atom. The van der Waals surface area contributed by atoms with Crippen molar-refractivity contribution >= 4 is 15.7 Å². The largest absolute Gasteiger partial charge is 0.382 e. The van der Waals surface area contributed by atoms with Crippen LogP contribution in [0.5, 0.6) is 0 Å². The zero-order chi connectivity index (χ0) is 21.0. The molecule has 30 heavy (non-hydrogen) atoms. The van der Waals surface area contributed by atoms with Crippen LogP contribution in [0.25, 0.3) is 11.4 Å². The molecule has 0 unspecified atom stereocenters. The molecule has 0 aliphatic heterocycles. The molecular formula is C20H25N7O2S. The highest BCUT2D eigenvalue weighted by atomic mass is 32.2. The first-order valence-corrected chi connectivity index (χ1v) is 11.5. The van der Waals surface area contributed by atoms with Crippen molar-refractivity contribution in [3.05, 3.63) is 48.3 Å². The Balaban J connectivity index is 1.67. The van der Waals surface area contributed by atoms with E-state index in [1.165, 1.54) is 31.1 Å². The predicted molar refractivity (Wildman–Crippen MR) is 113 cm³/mol. The fourth-order valence-corrected chi connectivity index (χ4v) is 4.41. The van der Waals surface area contributed by atoms with E-state index in [0.29, 0.717) is 24.0 Å². The van der Waals surface area contributed by atoms with Crippen LogP contribution in [0.3, 0.4) is 0 Å². The van der Waals surface area contributed by atoms with Gasteiger partial charge in [-0.3, -0.25) is 4.98 Å². The van der Waals surface area contributed by atoms with Gasteiger partial charge >= 0.3 is 0 Å². The number of benzene rings is 1. The summed E-state index contributed by atoms with van der Waals surface area (Å²) in [5.41, 5.74) is 2.39. The lowest BCUT2D eigenvalue weighted by Crippen LogP contribution is -2.23. The van der Waals surface area contributed by atoms with Crippen LogP contribution >= 0.6 is 0 Å². The van der Waals surface area contributed by atoms with Crippen LogP contribution in [0.2, 0.25) is 0 Å². The average Bonchev–Trinajstić information content (AvgIpc) is 3.23. The van der Waals surface area contributed by atoms with Crippen molar-refractivity contribution in [1.29, 1.82) is 0 Å². The molecule has 2 heterocycles. The van der Waals surface area contributed by atoms with Crippen LogP contribution in [0, 0.1) is 0 Å². The maximum absolute atomic E-state index is 12.3. The molecule has 4 rings (SSSR count). The minimum Gasteiger partial charge on any atom is -0.382 e. The topological polar surface area (TPSA) is 115 Å².